The number of carbonyl (C=O) groups excluding carboxylic acids is 1. The standard InChI is InChI=1S/C19H20FN5O3S2/c1-13-3-7-15(8-4-13)22-18(26)12-29-19-24-23-17(11-21-30(2,27)28)25(19)16-9-5-14(20)6-10-16/h3-10,21H,11-12H2,1-2H3,(H,22,26). The number of halogens is 1. The molecule has 0 aliphatic heterocycles. The molecule has 1 aromatic heterocycles. The Hall–Kier alpha value is -2.76. The average molecular weight is 450 g/mol. The van der Waals surface area contributed by atoms with E-state index in [1.54, 1.807) is 4.57 Å². The van der Waals surface area contributed by atoms with Gasteiger partial charge in [0, 0.05) is 11.4 Å². The van der Waals surface area contributed by atoms with Crippen LogP contribution >= 0.6 is 11.8 Å². The van der Waals surface area contributed by atoms with Crippen molar-refractivity contribution in [3.8, 4) is 5.69 Å². The van der Waals surface area contributed by atoms with E-state index in [0.717, 1.165) is 23.6 Å². The van der Waals surface area contributed by atoms with Crippen molar-refractivity contribution in [2.45, 2.75) is 18.6 Å². The molecule has 0 aliphatic carbocycles. The Morgan fingerprint density at radius 1 is 1.10 bits per heavy atom. The number of amides is 1. The highest BCUT2D eigenvalue weighted by Crippen LogP contribution is 2.23. The van der Waals surface area contributed by atoms with Gasteiger partial charge < -0.3 is 5.32 Å². The molecule has 30 heavy (non-hydrogen) atoms. The maximum Gasteiger partial charge on any atom is 0.234 e. The van der Waals surface area contributed by atoms with Gasteiger partial charge in [0.05, 0.1) is 18.6 Å². The van der Waals surface area contributed by atoms with Gasteiger partial charge in [-0.1, -0.05) is 29.5 Å². The molecule has 0 unspecified atom stereocenters. The smallest absolute Gasteiger partial charge is 0.234 e. The van der Waals surface area contributed by atoms with E-state index in [9.17, 15) is 17.6 Å². The summed E-state index contributed by atoms with van der Waals surface area (Å²) in [6, 6.07) is 13.0. The summed E-state index contributed by atoms with van der Waals surface area (Å²) in [5, 5.41) is 11.3. The summed E-state index contributed by atoms with van der Waals surface area (Å²) in [5.41, 5.74) is 2.32. The minimum Gasteiger partial charge on any atom is -0.325 e. The van der Waals surface area contributed by atoms with E-state index in [2.05, 4.69) is 20.2 Å². The fourth-order valence-corrected chi connectivity index (χ4v) is 3.68. The van der Waals surface area contributed by atoms with Crippen LogP contribution in [0.2, 0.25) is 0 Å². The van der Waals surface area contributed by atoms with Gasteiger partial charge in [0.25, 0.3) is 0 Å². The molecule has 0 aliphatic rings. The molecule has 8 nitrogen and oxygen atoms in total. The fraction of sp³-hybridized carbons (Fsp3) is 0.211. The number of rotatable bonds is 8. The maximum absolute atomic E-state index is 13.3. The molecular formula is C19H20FN5O3S2. The zero-order chi connectivity index (χ0) is 21.7. The third kappa shape index (κ3) is 6.12. The van der Waals surface area contributed by atoms with E-state index in [1.165, 1.54) is 24.3 Å². The largest absolute Gasteiger partial charge is 0.325 e. The number of nitrogens with one attached hydrogen (secondary N) is 2. The minimum absolute atomic E-state index is 0.0622. The first kappa shape index (κ1) is 21.9. The predicted molar refractivity (Wildman–Crippen MR) is 114 cm³/mol. The monoisotopic (exact) mass is 449 g/mol. The van der Waals surface area contributed by atoms with E-state index in [-0.39, 0.29) is 18.2 Å². The molecule has 0 saturated heterocycles. The molecular weight excluding hydrogens is 429 g/mol. The van der Waals surface area contributed by atoms with Crippen LogP contribution in [0.4, 0.5) is 10.1 Å². The van der Waals surface area contributed by atoms with Crippen LogP contribution in [0.1, 0.15) is 11.4 Å². The number of carbonyl (C=O) groups is 1. The molecule has 3 aromatic rings. The first-order valence-electron chi connectivity index (χ1n) is 8.85. The topological polar surface area (TPSA) is 106 Å². The van der Waals surface area contributed by atoms with Crippen molar-refractivity contribution in [1.29, 1.82) is 0 Å². The minimum atomic E-state index is -3.44. The number of aryl methyl sites for hydroxylation is 1. The van der Waals surface area contributed by atoms with Gasteiger partial charge in [-0.25, -0.2) is 17.5 Å². The Morgan fingerprint density at radius 2 is 1.77 bits per heavy atom. The number of thioether (sulfide) groups is 1. The molecule has 0 spiro atoms. The highest BCUT2D eigenvalue weighted by Gasteiger charge is 2.17. The molecule has 0 atom stereocenters. The van der Waals surface area contributed by atoms with Crippen molar-refractivity contribution in [1.82, 2.24) is 19.5 Å². The number of sulfonamides is 1. The Bertz CT molecular complexity index is 1130. The highest BCUT2D eigenvalue weighted by molar-refractivity contribution is 7.99. The van der Waals surface area contributed by atoms with Crippen LogP contribution in [0.5, 0.6) is 0 Å². The second-order valence-electron chi connectivity index (χ2n) is 6.51. The number of aromatic nitrogens is 3. The Balaban J connectivity index is 1.77. The maximum atomic E-state index is 13.3. The number of hydrogen-bond donors (Lipinski definition) is 2. The Labute approximate surface area is 178 Å². The van der Waals surface area contributed by atoms with Gasteiger partial charge >= 0.3 is 0 Å². The highest BCUT2D eigenvalue weighted by atomic mass is 32.2. The van der Waals surface area contributed by atoms with Crippen LogP contribution in [0.3, 0.4) is 0 Å². The normalized spacial score (nSPS) is 11.4. The molecule has 0 saturated carbocycles. The molecule has 11 heteroatoms. The predicted octanol–water partition coefficient (Wildman–Crippen LogP) is 2.49. The van der Waals surface area contributed by atoms with Gasteiger partial charge in [-0.15, -0.1) is 10.2 Å². The molecule has 0 bridgehead atoms. The Morgan fingerprint density at radius 3 is 2.40 bits per heavy atom. The third-order valence-electron chi connectivity index (χ3n) is 3.95. The molecule has 3 rings (SSSR count). The molecule has 2 N–H and O–H groups in total. The second-order valence-corrected chi connectivity index (χ2v) is 9.28. The summed E-state index contributed by atoms with van der Waals surface area (Å²) in [5.74, 6) is -0.261. The van der Waals surface area contributed by atoms with Crippen LogP contribution in [-0.4, -0.2) is 41.1 Å². The van der Waals surface area contributed by atoms with Crippen molar-refractivity contribution >= 4 is 33.4 Å². The number of benzene rings is 2. The number of hydrogen-bond acceptors (Lipinski definition) is 6. The van der Waals surface area contributed by atoms with Gasteiger partial charge in [-0.05, 0) is 43.3 Å². The van der Waals surface area contributed by atoms with E-state index < -0.39 is 15.8 Å². The van der Waals surface area contributed by atoms with Gasteiger partial charge in [-0.3, -0.25) is 9.36 Å². The van der Waals surface area contributed by atoms with Crippen molar-refractivity contribution in [2.24, 2.45) is 0 Å². The van der Waals surface area contributed by atoms with Crippen LogP contribution in [-0.2, 0) is 21.4 Å². The molecule has 2 aromatic carbocycles. The molecule has 1 amide bonds. The van der Waals surface area contributed by atoms with Crippen molar-refractivity contribution < 1.29 is 17.6 Å². The van der Waals surface area contributed by atoms with Crippen LogP contribution in [0.25, 0.3) is 5.69 Å². The molecule has 158 valence electrons. The fourth-order valence-electron chi connectivity index (χ4n) is 2.52. The SMILES string of the molecule is Cc1ccc(NC(=O)CSc2nnc(CNS(C)(=O)=O)n2-c2ccc(F)cc2)cc1. The first-order valence-corrected chi connectivity index (χ1v) is 11.7. The van der Waals surface area contributed by atoms with Crippen LogP contribution in [0, 0.1) is 12.7 Å². The Kier molecular flexibility index (Phi) is 6.85. The van der Waals surface area contributed by atoms with Crippen molar-refractivity contribution in [3.63, 3.8) is 0 Å². The van der Waals surface area contributed by atoms with Crippen molar-refractivity contribution in [2.75, 3.05) is 17.3 Å². The average Bonchev–Trinajstić information content (AvgIpc) is 3.10. The summed E-state index contributed by atoms with van der Waals surface area (Å²) in [4.78, 5) is 12.3. The van der Waals surface area contributed by atoms with Crippen molar-refractivity contribution in [3.05, 3.63) is 65.7 Å². The summed E-state index contributed by atoms with van der Waals surface area (Å²) in [6.45, 7) is 1.86. The summed E-state index contributed by atoms with van der Waals surface area (Å²) in [7, 11) is -3.44. The lowest BCUT2D eigenvalue weighted by Gasteiger charge is -2.11. The molecule has 0 fully saturated rings. The zero-order valence-corrected chi connectivity index (χ0v) is 17.9. The lowest BCUT2D eigenvalue weighted by atomic mass is 10.2. The summed E-state index contributed by atoms with van der Waals surface area (Å²) >= 11 is 1.14. The quantitative estimate of drug-likeness (QED) is 0.512. The van der Waals surface area contributed by atoms with Gasteiger partial charge in [0.15, 0.2) is 11.0 Å². The van der Waals surface area contributed by atoms with Gasteiger partial charge in [0.1, 0.15) is 5.82 Å². The van der Waals surface area contributed by atoms with E-state index in [0.29, 0.717) is 22.4 Å². The molecule has 1 heterocycles. The lowest BCUT2D eigenvalue weighted by molar-refractivity contribution is -0.113. The van der Waals surface area contributed by atoms with Gasteiger partial charge in [-0.2, -0.15) is 0 Å². The van der Waals surface area contributed by atoms with Crippen LogP contribution in [0.15, 0.2) is 53.7 Å². The summed E-state index contributed by atoms with van der Waals surface area (Å²) in [6.07, 6.45) is 1.04. The van der Waals surface area contributed by atoms with Crippen LogP contribution < -0.4 is 10.0 Å². The van der Waals surface area contributed by atoms with E-state index >= 15 is 0 Å². The number of nitrogens with zero attached hydrogens (tertiary/aromatic N) is 3. The van der Waals surface area contributed by atoms with E-state index in [4.69, 9.17) is 0 Å². The summed E-state index contributed by atoms with van der Waals surface area (Å²) < 4.78 is 40.1. The van der Waals surface area contributed by atoms with Gasteiger partial charge in [0.2, 0.25) is 15.9 Å². The molecule has 0 radical (unpaired) electrons. The zero-order valence-electron chi connectivity index (χ0n) is 16.3. The second kappa shape index (κ2) is 9.37. The first-order chi connectivity index (χ1) is 14.2. The van der Waals surface area contributed by atoms with E-state index in [1.807, 2.05) is 31.2 Å². The third-order valence-corrected chi connectivity index (χ3v) is 5.54. The lowest BCUT2D eigenvalue weighted by Crippen LogP contribution is -2.23. The number of anilines is 1.